The van der Waals surface area contributed by atoms with E-state index >= 15 is 0 Å². The summed E-state index contributed by atoms with van der Waals surface area (Å²) in [5, 5.41) is 9.06. The Balaban J connectivity index is 1.51. The number of benzene rings is 2. The molecule has 2 N–H and O–H groups in total. The Hall–Kier alpha value is -2.70. The van der Waals surface area contributed by atoms with Crippen molar-refractivity contribution in [3.63, 3.8) is 0 Å². The minimum Gasteiger partial charge on any atom is -0.354 e. The summed E-state index contributed by atoms with van der Waals surface area (Å²) >= 11 is 1.61. The quantitative estimate of drug-likeness (QED) is 0.671. The highest BCUT2D eigenvalue weighted by atomic mass is 32.1. The first-order valence-electron chi connectivity index (χ1n) is 8.39. The van der Waals surface area contributed by atoms with Crippen LogP contribution in [-0.4, -0.2) is 31.5 Å². The lowest BCUT2D eigenvalue weighted by atomic mass is 10.1. The van der Waals surface area contributed by atoms with Gasteiger partial charge in [-0.05, 0) is 17.7 Å². The first kappa shape index (κ1) is 18.1. The normalized spacial score (nSPS) is 10.5. The molecule has 5 nitrogen and oxygen atoms in total. The molecule has 1 heterocycles. The molecule has 0 saturated heterocycles. The van der Waals surface area contributed by atoms with Gasteiger partial charge in [0.15, 0.2) is 5.13 Å². The van der Waals surface area contributed by atoms with Crippen molar-refractivity contribution in [1.29, 1.82) is 0 Å². The van der Waals surface area contributed by atoms with Crippen molar-refractivity contribution in [2.45, 2.75) is 6.54 Å². The van der Waals surface area contributed by atoms with Crippen LogP contribution in [0.4, 0.5) is 10.8 Å². The molecule has 0 saturated carbocycles. The van der Waals surface area contributed by atoms with E-state index in [1.807, 2.05) is 79.0 Å². The monoisotopic (exact) mass is 366 g/mol. The number of hydrogen-bond acceptors (Lipinski definition) is 5. The van der Waals surface area contributed by atoms with Gasteiger partial charge in [-0.3, -0.25) is 4.79 Å². The molecule has 0 bridgehead atoms. The number of nitrogens with one attached hydrogen (secondary N) is 2. The van der Waals surface area contributed by atoms with Gasteiger partial charge in [0.05, 0.1) is 12.2 Å². The predicted molar refractivity (Wildman–Crippen MR) is 109 cm³/mol. The van der Waals surface area contributed by atoms with E-state index in [9.17, 15) is 4.79 Å². The number of thiazole rings is 1. The van der Waals surface area contributed by atoms with Gasteiger partial charge in [0.2, 0.25) is 5.91 Å². The van der Waals surface area contributed by atoms with Gasteiger partial charge in [-0.15, -0.1) is 11.3 Å². The molecule has 6 heteroatoms. The third-order valence-electron chi connectivity index (χ3n) is 3.80. The largest absolute Gasteiger partial charge is 0.354 e. The lowest BCUT2D eigenvalue weighted by Gasteiger charge is -2.08. The Morgan fingerprint density at radius 2 is 1.81 bits per heavy atom. The summed E-state index contributed by atoms with van der Waals surface area (Å²) in [4.78, 5) is 18.6. The van der Waals surface area contributed by atoms with Crippen LogP contribution in [0.3, 0.4) is 0 Å². The molecule has 0 radical (unpaired) electrons. The van der Waals surface area contributed by atoms with Crippen LogP contribution in [0.5, 0.6) is 0 Å². The summed E-state index contributed by atoms with van der Waals surface area (Å²) in [7, 11) is 3.96. The van der Waals surface area contributed by atoms with Crippen LogP contribution in [0, 0.1) is 0 Å². The second-order valence-electron chi connectivity index (χ2n) is 6.12. The highest BCUT2D eigenvalue weighted by molar-refractivity contribution is 7.14. The van der Waals surface area contributed by atoms with Crippen molar-refractivity contribution < 1.29 is 4.79 Å². The number of amides is 1. The molecule has 1 amide bonds. The van der Waals surface area contributed by atoms with Gasteiger partial charge < -0.3 is 15.5 Å². The molecule has 3 aromatic rings. The van der Waals surface area contributed by atoms with E-state index in [1.54, 1.807) is 11.3 Å². The average Bonchev–Trinajstić information content (AvgIpc) is 3.14. The van der Waals surface area contributed by atoms with Crippen LogP contribution < -0.4 is 15.5 Å². The second-order valence-corrected chi connectivity index (χ2v) is 6.96. The molecule has 2 aromatic carbocycles. The third-order valence-corrected chi connectivity index (χ3v) is 4.80. The standard InChI is InChI=1S/C20H22N4OS/c1-24(2)20-23-18(14-26-20)16-8-10-17(11-9-16)22-19(25)13-21-12-15-6-4-3-5-7-15/h3-11,14,21H,12-13H2,1-2H3,(H,22,25). The topological polar surface area (TPSA) is 57.3 Å². The molecule has 3 rings (SSSR count). The first-order valence-corrected chi connectivity index (χ1v) is 9.27. The van der Waals surface area contributed by atoms with Crippen molar-refractivity contribution in [1.82, 2.24) is 10.3 Å². The smallest absolute Gasteiger partial charge is 0.238 e. The Bertz CT molecular complexity index is 844. The maximum Gasteiger partial charge on any atom is 0.238 e. The van der Waals surface area contributed by atoms with Gasteiger partial charge >= 0.3 is 0 Å². The zero-order chi connectivity index (χ0) is 18.4. The molecular weight excluding hydrogens is 344 g/mol. The number of carbonyl (C=O) groups is 1. The van der Waals surface area contributed by atoms with E-state index in [2.05, 4.69) is 15.6 Å². The van der Waals surface area contributed by atoms with Gasteiger partial charge in [-0.2, -0.15) is 0 Å². The predicted octanol–water partition coefficient (Wildman–Crippen LogP) is 3.60. The van der Waals surface area contributed by atoms with E-state index in [0.29, 0.717) is 6.54 Å². The van der Waals surface area contributed by atoms with Crippen LogP contribution in [0.2, 0.25) is 0 Å². The maximum atomic E-state index is 12.0. The van der Waals surface area contributed by atoms with Gasteiger partial charge in [-0.25, -0.2) is 4.98 Å². The molecule has 134 valence electrons. The Kier molecular flexibility index (Phi) is 5.99. The minimum atomic E-state index is -0.0581. The molecular formula is C20H22N4OS. The highest BCUT2D eigenvalue weighted by Crippen LogP contribution is 2.27. The van der Waals surface area contributed by atoms with E-state index in [4.69, 9.17) is 0 Å². The number of aromatic nitrogens is 1. The first-order chi connectivity index (χ1) is 12.6. The van der Waals surface area contributed by atoms with E-state index < -0.39 is 0 Å². The third kappa shape index (κ3) is 4.91. The van der Waals surface area contributed by atoms with Crippen LogP contribution >= 0.6 is 11.3 Å². The lowest BCUT2D eigenvalue weighted by molar-refractivity contribution is -0.115. The Morgan fingerprint density at radius 3 is 2.46 bits per heavy atom. The fourth-order valence-electron chi connectivity index (χ4n) is 2.45. The van der Waals surface area contributed by atoms with Crippen LogP contribution in [-0.2, 0) is 11.3 Å². The second kappa shape index (κ2) is 8.60. The highest BCUT2D eigenvalue weighted by Gasteiger charge is 2.07. The fourth-order valence-corrected chi connectivity index (χ4v) is 3.22. The number of rotatable bonds is 7. The molecule has 0 aliphatic rings. The maximum absolute atomic E-state index is 12.0. The number of nitrogens with zero attached hydrogens (tertiary/aromatic N) is 2. The van der Waals surface area contributed by atoms with Crippen molar-refractivity contribution in [3.8, 4) is 11.3 Å². The summed E-state index contributed by atoms with van der Waals surface area (Å²) in [6.45, 7) is 0.945. The van der Waals surface area contributed by atoms with Gasteiger partial charge in [0.1, 0.15) is 0 Å². The average molecular weight is 366 g/mol. The lowest BCUT2D eigenvalue weighted by Crippen LogP contribution is -2.27. The zero-order valence-corrected chi connectivity index (χ0v) is 15.7. The van der Waals surface area contributed by atoms with Crippen molar-refractivity contribution in [3.05, 3.63) is 65.5 Å². The number of anilines is 2. The molecule has 26 heavy (non-hydrogen) atoms. The van der Waals surface area contributed by atoms with Crippen molar-refractivity contribution in [2.24, 2.45) is 0 Å². The van der Waals surface area contributed by atoms with Gasteiger partial charge in [0, 0.05) is 37.3 Å². The summed E-state index contributed by atoms with van der Waals surface area (Å²) < 4.78 is 0. The van der Waals surface area contributed by atoms with Crippen LogP contribution in [0.1, 0.15) is 5.56 Å². The summed E-state index contributed by atoms with van der Waals surface area (Å²) in [5.74, 6) is -0.0581. The molecule has 0 spiro atoms. The van der Waals surface area contributed by atoms with E-state index in [1.165, 1.54) is 0 Å². The molecule has 0 fully saturated rings. The van der Waals surface area contributed by atoms with Crippen LogP contribution in [0.25, 0.3) is 11.3 Å². The molecule has 0 aliphatic heterocycles. The van der Waals surface area contributed by atoms with E-state index in [0.717, 1.165) is 27.6 Å². The molecule has 0 atom stereocenters. The van der Waals surface area contributed by atoms with Crippen LogP contribution in [0.15, 0.2) is 60.0 Å². The SMILES string of the molecule is CN(C)c1nc(-c2ccc(NC(=O)CNCc3ccccc3)cc2)cs1. The minimum absolute atomic E-state index is 0.0581. The Labute approximate surface area is 157 Å². The van der Waals surface area contributed by atoms with Gasteiger partial charge in [0.25, 0.3) is 0 Å². The number of carbonyl (C=O) groups excluding carboxylic acids is 1. The zero-order valence-electron chi connectivity index (χ0n) is 14.9. The Morgan fingerprint density at radius 1 is 1.08 bits per heavy atom. The molecule has 0 unspecified atom stereocenters. The van der Waals surface area contributed by atoms with Crippen molar-refractivity contribution in [2.75, 3.05) is 30.9 Å². The molecule has 0 aliphatic carbocycles. The van der Waals surface area contributed by atoms with E-state index in [-0.39, 0.29) is 12.5 Å². The molecule has 1 aromatic heterocycles. The fraction of sp³-hybridized carbons (Fsp3) is 0.200. The summed E-state index contributed by atoms with van der Waals surface area (Å²) in [6.07, 6.45) is 0. The summed E-state index contributed by atoms with van der Waals surface area (Å²) in [6, 6.07) is 17.8. The van der Waals surface area contributed by atoms with Crippen molar-refractivity contribution >= 4 is 28.1 Å². The number of hydrogen-bond donors (Lipinski definition) is 2. The van der Waals surface area contributed by atoms with Gasteiger partial charge in [-0.1, -0.05) is 42.5 Å². The summed E-state index contributed by atoms with van der Waals surface area (Å²) in [5.41, 5.74) is 3.92.